The van der Waals surface area contributed by atoms with Gasteiger partial charge in [-0.1, -0.05) is 0 Å². The molecule has 0 aliphatic carbocycles. The van der Waals surface area contributed by atoms with E-state index in [1.165, 1.54) is 0 Å². The maximum absolute atomic E-state index is 6.09. The normalized spacial score (nSPS) is 15.9. The lowest BCUT2D eigenvalue weighted by atomic mass is 10.2. The fourth-order valence-corrected chi connectivity index (χ4v) is 2.06. The third-order valence-electron chi connectivity index (χ3n) is 2.98. The Balaban J connectivity index is 1.89. The quantitative estimate of drug-likeness (QED) is 0.756. The molecule has 0 bridgehead atoms. The number of nitrogens with two attached hydrogens (primary N) is 1. The van der Waals surface area contributed by atoms with Crippen molar-refractivity contribution >= 4 is 11.4 Å². The molecule has 3 rings (SSSR count). The van der Waals surface area contributed by atoms with Crippen molar-refractivity contribution in [3.8, 4) is 5.69 Å². The van der Waals surface area contributed by atoms with Crippen LogP contribution in [0, 0.1) is 0 Å². The van der Waals surface area contributed by atoms with Crippen LogP contribution in [0.1, 0.15) is 0 Å². The minimum atomic E-state index is 0.727. The molecule has 0 saturated carbocycles. The van der Waals surface area contributed by atoms with Gasteiger partial charge in [0.25, 0.3) is 0 Å². The number of morpholine rings is 1. The van der Waals surface area contributed by atoms with Crippen LogP contribution in [0.5, 0.6) is 0 Å². The van der Waals surface area contributed by atoms with Crippen LogP contribution >= 0.6 is 0 Å². The number of ether oxygens (including phenoxy) is 1. The van der Waals surface area contributed by atoms with E-state index in [0.29, 0.717) is 0 Å². The van der Waals surface area contributed by atoms with Crippen LogP contribution in [-0.2, 0) is 4.74 Å². The molecule has 0 amide bonds. The van der Waals surface area contributed by atoms with Gasteiger partial charge >= 0.3 is 0 Å². The molecule has 2 N–H and O–H groups in total. The summed E-state index contributed by atoms with van der Waals surface area (Å²) in [7, 11) is 0. The van der Waals surface area contributed by atoms with Gasteiger partial charge in [-0.2, -0.15) is 0 Å². The Kier molecular flexibility index (Phi) is 2.81. The summed E-state index contributed by atoms with van der Waals surface area (Å²) in [5.74, 6) is 0. The van der Waals surface area contributed by atoms with E-state index in [1.807, 2.05) is 18.2 Å². The summed E-state index contributed by atoms with van der Waals surface area (Å²) in [4.78, 5) is 2.22. The highest BCUT2D eigenvalue weighted by atomic mass is 16.5. The highest BCUT2D eigenvalue weighted by molar-refractivity contribution is 5.70. The van der Waals surface area contributed by atoms with E-state index in [1.54, 1.807) is 11.0 Å². The summed E-state index contributed by atoms with van der Waals surface area (Å²) in [6.07, 6.45) is 1.54. The second-order valence-corrected chi connectivity index (χ2v) is 4.10. The Hall–Kier alpha value is -2.15. The topological polar surface area (TPSA) is 82.1 Å². The van der Waals surface area contributed by atoms with Gasteiger partial charge in [0.1, 0.15) is 6.33 Å². The summed E-state index contributed by atoms with van der Waals surface area (Å²) in [5.41, 5.74) is 8.71. The van der Waals surface area contributed by atoms with E-state index < -0.39 is 0 Å². The van der Waals surface area contributed by atoms with Gasteiger partial charge in [-0.05, 0) is 28.6 Å². The summed E-state index contributed by atoms with van der Waals surface area (Å²) < 4.78 is 6.91. The molecular weight excluding hydrogens is 232 g/mol. The summed E-state index contributed by atoms with van der Waals surface area (Å²) in [6, 6.07) is 5.83. The average Bonchev–Trinajstić information content (AvgIpc) is 2.93. The highest BCUT2D eigenvalue weighted by Crippen LogP contribution is 2.26. The van der Waals surface area contributed by atoms with Crippen molar-refractivity contribution < 1.29 is 4.74 Å². The first kappa shape index (κ1) is 11.0. The van der Waals surface area contributed by atoms with E-state index in [2.05, 4.69) is 20.4 Å². The smallest absolute Gasteiger partial charge is 0.143 e. The molecule has 7 heteroatoms. The van der Waals surface area contributed by atoms with Crippen molar-refractivity contribution in [2.75, 3.05) is 36.9 Å². The largest absolute Gasteiger partial charge is 0.397 e. The predicted octanol–water partition coefficient (Wildman–Crippen LogP) is 0.0811. The molecule has 1 aromatic heterocycles. The third kappa shape index (κ3) is 2.00. The zero-order valence-electron chi connectivity index (χ0n) is 9.86. The second-order valence-electron chi connectivity index (χ2n) is 4.10. The maximum atomic E-state index is 6.09. The van der Waals surface area contributed by atoms with E-state index in [4.69, 9.17) is 10.5 Å². The number of anilines is 2. The van der Waals surface area contributed by atoms with E-state index in [-0.39, 0.29) is 0 Å². The molecule has 0 unspecified atom stereocenters. The molecule has 18 heavy (non-hydrogen) atoms. The van der Waals surface area contributed by atoms with Gasteiger partial charge in [0.05, 0.1) is 30.3 Å². The SMILES string of the molecule is Nc1cc(-n2cnnn2)ccc1N1CCOCC1. The Morgan fingerprint density at radius 1 is 1.22 bits per heavy atom. The van der Waals surface area contributed by atoms with Crippen LogP contribution in [0.3, 0.4) is 0 Å². The Morgan fingerprint density at radius 3 is 2.72 bits per heavy atom. The fraction of sp³-hybridized carbons (Fsp3) is 0.364. The van der Waals surface area contributed by atoms with Crippen LogP contribution in [-0.4, -0.2) is 46.5 Å². The van der Waals surface area contributed by atoms with Crippen LogP contribution in [0.15, 0.2) is 24.5 Å². The van der Waals surface area contributed by atoms with Gasteiger partial charge in [0, 0.05) is 13.1 Å². The van der Waals surface area contributed by atoms with Gasteiger partial charge < -0.3 is 15.4 Å². The van der Waals surface area contributed by atoms with Gasteiger partial charge in [-0.3, -0.25) is 0 Å². The predicted molar refractivity (Wildman–Crippen MR) is 66.6 cm³/mol. The van der Waals surface area contributed by atoms with Crippen LogP contribution in [0.2, 0.25) is 0 Å². The summed E-state index contributed by atoms with van der Waals surface area (Å²) >= 11 is 0. The molecule has 1 saturated heterocycles. The number of nitrogens with zero attached hydrogens (tertiary/aromatic N) is 5. The lowest BCUT2D eigenvalue weighted by Gasteiger charge is -2.29. The van der Waals surface area contributed by atoms with Crippen molar-refractivity contribution in [1.29, 1.82) is 0 Å². The number of nitrogen functional groups attached to an aromatic ring is 1. The molecule has 0 atom stereocenters. The van der Waals surface area contributed by atoms with Crippen molar-refractivity contribution in [2.24, 2.45) is 0 Å². The minimum absolute atomic E-state index is 0.727. The number of hydrogen-bond donors (Lipinski definition) is 1. The first-order valence-electron chi connectivity index (χ1n) is 5.80. The van der Waals surface area contributed by atoms with E-state index >= 15 is 0 Å². The van der Waals surface area contributed by atoms with E-state index in [0.717, 1.165) is 43.4 Å². The van der Waals surface area contributed by atoms with Crippen LogP contribution in [0.25, 0.3) is 5.69 Å². The first-order chi connectivity index (χ1) is 8.84. The van der Waals surface area contributed by atoms with Gasteiger partial charge in [-0.25, -0.2) is 4.68 Å². The number of tetrazole rings is 1. The molecule has 0 radical (unpaired) electrons. The number of benzene rings is 1. The van der Waals surface area contributed by atoms with Crippen LogP contribution < -0.4 is 10.6 Å². The van der Waals surface area contributed by atoms with Crippen molar-refractivity contribution in [2.45, 2.75) is 0 Å². The summed E-state index contributed by atoms with van der Waals surface area (Å²) in [5, 5.41) is 11.0. The van der Waals surface area contributed by atoms with Crippen molar-refractivity contribution in [1.82, 2.24) is 20.2 Å². The molecule has 7 nitrogen and oxygen atoms in total. The molecule has 1 aliphatic rings. The Labute approximate surface area is 104 Å². The van der Waals surface area contributed by atoms with E-state index in [9.17, 15) is 0 Å². The average molecular weight is 246 g/mol. The van der Waals surface area contributed by atoms with Gasteiger partial charge in [0.2, 0.25) is 0 Å². The number of hydrogen-bond acceptors (Lipinski definition) is 6. The molecule has 1 fully saturated rings. The lowest BCUT2D eigenvalue weighted by Crippen LogP contribution is -2.36. The molecular formula is C11H14N6O. The Morgan fingerprint density at radius 2 is 2.06 bits per heavy atom. The molecule has 2 heterocycles. The third-order valence-corrected chi connectivity index (χ3v) is 2.98. The zero-order chi connectivity index (χ0) is 12.4. The Bertz CT molecular complexity index is 520. The monoisotopic (exact) mass is 246 g/mol. The minimum Gasteiger partial charge on any atom is -0.397 e. The van der Waals surface area contributed by atoms with Gasteiger partial charge in [-0.15, -0.1) is 5.10 Å². The number of aromatic nitrogens is 4. The molecule has 0 spiro atoms. The highest BCUT2D eigenvalue weighted by Gasteiger charge is 2.14. The first-order valence-corrected chi connectivity index (χ1v) is 5.80. The summed E-state index contributed by atoms with van der Waals surface area (Å²) in [6.45, 7) is 3.23. The standard InChI is InChI=1S/C11H14N6O/c12-10-7-9(17-8-13-14-15-17)1-2-11(10)16-3-5-18-6-4-16/h1-2,7-8H,3-6,12H2. The van der Waals surface area contributed by atoms with Crippen LogP contribution in [0.4, 0.5) is 11.4 Å². The maximum Gasteiger partial charge on any atom is 0.143 e. The second kappa shape index (κ2) is 4.61. The zero-order valence-corrected chi connectivity index (χ0v) is 9.86. The van der Waals surface area contributed by atoms with Crippen molar-refractivity contribution in [3.63, 3.8) is 0 Å². The molecule has 94 valence electrons. The van der Waals surface area contributed by atoms with Gasteiger partial charge in [0.15, 0.2) is 0 Å². The fourth-order valence-electron chi connectivity index (χ4n) is 2.06. The molecule has 1 aliphatic heterocycles. The molecule has 2 aromatic rings. The number of rotatable bonds is 2. The van der Waals surface area contributed by atoms with Crippen molar-refractivity contribution in [3.05, 3.63) is 24.5 Å². The molecule has 1 aromatic carbocycles. The lowest BCUT2D eigenvalue weighted by molar-refractivity contribution is 0.123.